The van der Waals surface area contributed by atoms with Crippen LogP contribution in [0.4, 0.5) is 0 Å². The molecule has 1 spiro atoms. The third kappa shape index (κ3) is 4.11. The van der Waals surface area contributed by atoms with Gasteiger partial charge in [0.2, 0.25) is 5.91 Å². The standard InChI is InChI=1S/C20H34N4O2/c1-15(2)5-6-18(25)23-12-17(20(13-23)7-9-26-10-8-20)19-22-21-14-24(19)11-16(3)4/h14-17H,5-13H2,1-4H3. The van der Waals surface area contributed by atoms with Crippen molar-refractivity contribution in [1.29, 1.82) is 0 Å². The van der Waals surface area contributed by atoms with Crippen LogP contribution in [0.3, 0.4) is 0 Å². The number of carbonyl (C=O) groups excluding carboxylic acids is 1. The van der Waals surface area contributed by atoms with Crippen LogP contribution in [-0.2, 0) is 16.1 Å². The highest BCUT2D eigenvalue weighted by Gasteiger charge is 2.50. The lowest BCUT2D eigenvalue weighted by atomic mass is 9.71. The SMILES string of the molecule is CC(C)CCC(=O)N1CC(c2nncn2CC(C)C)C2(CCOCC2)C1. The molecule has 6 nitrogen and oxygen atoms in total. The van der Waals surface area contributed by atoms with Crippen molar-refractivity contribution in [2.75, 3.05) is 26.3 Å². The Morgan fingerprint density at radius 1 is 1.27 bits per heavy atom. The molecule has 2 aliphatic rings. The van der Waals surface area contributed by atoms with Crippen molar-refractivity contribution in [3.63, 3.8) is 0 Å². The van der Waals surface area contributed by atoms with E-state index in [1.54, 1.807) is 0 Å². The fourth-order valence-electron chi connectivity index (χ4n) is 4.44. The summed E-state index contributed by atoms with van der Waals surface area (Å²) in [6.07, 6.45) is 5.46. The molecule has 6 heteroatoms. The van der Waals surface area contributed by atoms with Gasteiger partial charge in [-0.05, 0) is 31.1 Å². The summed E-state index contributed by atoms with van der Waals surface area (Å²) in [6, 6.07) is 0. The molecule has 0 N–H and O–H groups in total. The molecule has 2 saturated heterocycles. The zero-order valence-electron chi connectivity index (χ0n) is 16.8. The minimum absolute atomic E-state index is 0.0908. The number of nitrogens with zero attached hydrogens (tertiary/aromatic N) is 4. The molecule has 0 radical (unpaired) electrons. The lowest BCUT2D eigenvalue weighted by Gasteiger charge is -2.37. The largest absolute Gasteiger partial charge is 0.381 e. The maximum atomic E-state index is 12.8. The Balaban J connectivity index is 1.82. The van der Waals surface area contributed by atoms with Crippen molar-refractivity contribution in [2.45, 2.75) is 65.8 Å². The number of likely N-dealkylation sites (tertiary alicyclic amines) is 1. The average Bonchev–Trinajstić information content (AvgIpc) is 3.17. The summed E-state index contributed by atoms with van der Waals surface area (Å²) in [5.74, 6) is 2.71. The number of rotatable bonds is 6. The van der Waals surface area contributed by atoms with Crippen LogP contribution < -0.4 is 0 Å². The molecule has 1 atom stereocenters. The zero-order valence-corrected chi connectivity index (χ0v) is 16.8. The normalized spacial score (nSPS) is 22.7. The van der Waals surface area contributed by atoms with Crippen LogP contribution in [0.15, 0.2) is 6.33 Å². The molecular formula is C20H34N4O2. The van der Waals surface area contributed by atoms with Gasteiger partial charge in [-0.3, -0.25) is 4.79 Å². The van der Waals surface area contributed by atoms with Gasteiger partial charge < -0.3 is 14.2 Å². The van der Waals surface area contributed by atoms with E-state index in [1.165, 1.54) is 0 Å². The highest BCUT2D eigenvalue weighted by molar-refractivity contribution is 5.76. The number of ether oxygens (including phenoxy) is 1. The molecule has 0 aliphatic carbocycles. The van der Waals surface area contributed by atoms with E-state index in [9.17, 15) is 4.79 Å². The molecular weight excluding hydrogens is 328 g/mol. The van der Waals surface area contributed by atoms with Gasteiger partial charge in [0.25, 0.3) is 0 Å². The second-order valence-corrected chi connectivity index (χ2v) is 8.97. The molecule has 2 aliphatic heterocycles. The number of amides is 1. The minimum atomic E-state index is 0.0908. The van der Waals surface area contributed by atoms with Crippen LogP contribution in [0.1, 0.15) is 65.1 Å². The van der Waals surface area contributed by atoms with Crippen LogP contribution in [0.5, 0.6) is 0 Å². The maximum Gasteiger partial charge on any atom is 0.222 e. The topological polar surface area (TPSA) is 60.2 Å². The fourth-order valence-corrected chi connectivity index (χ4v) is 4.44. The molecule has 0 saturated carbocycles. The van der Waals surface area contributed by atoms with E-state index >= 15 is 0 Å². The van der Waals surface area contributed by atoms with Gasteiger partial charge in [0.1, 0.15) is 12.2 Å². The average molecular weight is 363 g/mol. The van der Waals surface area contributed by atoms with Crippen molar-refractivity contribution in [3.8, 4) is 0 Å². The highest BCUT2D eigenvalue weighted by atomic mass is 16.5. The van der Waals surface area contributed by atoms with Gasteiger partial charge in [0.05, 0.1) is 0 Å². The molecule has 0 aromatic carbocycles. The second-order valence-electron chi connectivity index (χ2n) is 8.97. The van der Waals surface area contributed by atoms with Gasteiger partial charge in [-0.25, -0.2) is 0 Å². The fraction of sp³-hybridized carbons (Fsp3) is 0.850. The predicted molar refractivity (Wildman–Crippen MR) is 101 cm³/mol. The Morgan fingerprint density at radius 3 is 2.65 bits per heavy atom. The lowest BCUT2D eigenvalue weighted by molar-refractivity contribution is -0.131. The van der Waals surface area contributed by atoms with Gasteiger partial charge in [-0.1, -0.05) is 27.7 Å². The first-order chi connectivity index (χ1) is 12.4. The first kappa shape index (κ1) is 19.3. The first-order valence-corrected chi connectivity index (χ1v) is 10.1. The summed E-state index contributed by atoms with van der Waals surface area (Å²) in [7, 11) is 0. The van der Waals surface area contributed by atoms with Gasteiger partial charge >= 0.3 is 0 Å². The molecule has 1 aromatic heterocycles. The molecule has 1 unspecified atom stereocenters. The summed E-state index contributed by atoms with van der Waals surface area (Å²) in [5.41, 5.74) is 0.0908. The maximum absolute atomic E-state index is 12.8. The van der Waals surface area contributed by atoms with E-state index in [1.807, 2.05) is 6.33 Å². The summed E-state index contributed by atoms with van der Waals surface area (Å²) in [6.45, 7) is 12.9. The van der Waals surface area contributed by atoms with Crippen molar-refractivity contribution >= 4 is 5.91 Å². The Kier molecular flexibility index (Phi) is 6.00. The first-order valence-electron chi connectivity index (χ1n) is 10.1. The van der Waals surface area contributed by atoms with Gasteiger partial charge in [-0.2, -0.15) is 0 Å². The van der Waals surface area contributed by atoms with Gasteiger partial charge in [-0.15, -0.1) is 10.2 Å². The third-order valence-corrected chi connectivity index (χ3v) is 5.94. The summed E-state index contributed by atoms with van der Waals surface area (Å²) in [4.78, 5) is 14.9. The number of hydrogen-bond acceptors (Lipinski definition) is 4. The Labute approximate surface area is 157 Å². The minimum Gasteiger partial charge on any atom is -0.381 e. The van der Waals surface area contributed by atoms with E-state index in [4.69, 9.17) is 4.74 Å². The number of carbonyl (C=O) groups is 1. The molecule has 1 amide bonds. The molecule has 3 heterocycles. The van der Waals surface area contributed by atoms with E-state index in [-0.39, 0.29) is 11.3 Å². The van der Waals surface area contributed by atoms with Gasteiger partial charge in [0.15, 0.2) is 0 Å². The third-order valence-electron chi connectivity index (χ3n) is 5.94. The quantitative estimate of drug-likeness (QED) is 0.780. The van der Waals surface area contributed by atoms with Crippen LogP contribution in [0, 0.1) is 17.3 Å². The Hall–Kier alpha value is -1.43. The number of hydrogen-bond donors (Lipinski definition) is 0. The zero-order chi connectivity index (χ0) is 18.7. The predicted octanol–water partition coefficient (Wildman–Crippen LogP) is 3.09. The summed E-state index contributed by atoms with van der Waals surface area (Å²) in [5, 5.41) is 8.71. The molecule has 3 rings (SSSR count). The van der Waals surface area contributed by atoms with E-state index < -0.39 is 0 Å². The smallest absolute Gasteiger partial charge is 0.222 e. The van der Waals surface area contributed by atoms with Crippen molar-refractivity contribution in [1.82, 2.24) is 19.7 Å². The number of aromatic nitrogens is 3. The second kappa shape index (κ2) is 8.07. The van der Waals surface area contributed by atoms with Crippen LogP contribution >= 0.6 is 0 Å². The lowest BCUT2D eigenvalue weighted by Crippen LogP contribution is -2.38. The Morgan fingerprint density at radius 2 is 2.00 bits per heavy atom. The van der Waals surface area contributed by atoms with Crippen molar-refractivity contribution in [3.05, 3.63) is 12.2 Å². The molecule has 146 valence electrons. The van der Waals surface area contributed by atoms with Crippen LogP contribution in [0.2, 0.25) is 0 Å². The highest BCUT2D eigenvalue weighted by Crippen LogP contribution is 2.49. The molecule has 1 aromatic rings. The molecule has 2 fully saturated rings. The molecule has 26 heavy (non-hydrogen) atoms. The molecule has 0 bridgehead atoms. The van der Waals surface area contributed by atoms with Crippen LogP contribution in [-0.4, -0.2) is 51.9 Å². The van der Waals surface area contributed by atoms with Crippen molar-refractivity contribution in [2.24, 2.45) is 17.3 Å². The Bertz CT molecular complexity index is 605. The monoisotopic (exact) mass is 362 g/mol. The summed E-state index contributed by atoms with van der Waals surface area (Å²) < 4.78 is 7.85. The van der Waals surface area contributed by atoms with Crippen molar-refractivity contribution < 1.29 is 9.53 Å². The van der Waals surface area contributed by atoms with E-state index in [0.29, 0.717) is 24.2 Å². The van der Waals surface area contributed by atoms with E-state index in [0.717, 1.165) is 57.9 Å². The van der Waals surface area contributed by atoms with E-state index in [2.05, 4.69) is 47.4 Å². The summed E-state index contributed by atoms with van der Waals surface area (Å²) >= 11 is 0. The van der Waals surface area contributed by atoms with Gasteiger partial charge in [0, 0.05) is 50.6 Å². The van der Waals surface area contributed by atoms with Crippen LogP contribution in [0.25, 0.3) is 0 Å².